The van der Waals surface area contributed by atoms with Crippen LogP contribution in [0.1, 0.15) is 43.7 Å². The quantitative estimate of drug-likeness (QED) is 0.0751. The standard InChI is InChI=1S/C42H36ClN5O8S/c1-5-56-31-11-7-10-26(36(31)49)35-24-13-14-25-34(40(52)46(38(25)50)22-8-6-9-23(17-22)48(54)55)28(24)18-29-39(51)47(41(53)42(29,35)3)33-19-30(44-45(33)4)37-20(2)27-16-21(43)12-15-32(27)57-37/h6-13,15-17,19,25,28-29,34-35,49H,5,14,18H2,1-4H3. The number of rotatable bonds is 7. The predicted molar refractivity (Wildman–Crippen MR) is 213 cm³/mol. The van der Waals surface area contributed by atoms with Crippen molar-refractivity contribution in [3.8, 4) is 22.1 Å². The normalized spacial score (nSPS) is 25.5. The average molecular weight is 806 g/mol. The molecule has 0 radical (unpaired) electrons. The van der Waals surface area contributed by atoms with Crippen molar-refractivity contribution in [2.24, 2.45) is 36.1 Å². The number of fused-ring (bicyclic) bond motifs is 5. The van der Waals surface area contributed by atoms with E-state index in [-0.39, 0.29) is 48.1 Å². The van der Waals surface area contributed by atoms with Gasteiger partial charge in [-0.2, -0.15) is 5.10 Å². The minimum atomic E-state index is -1.44. The van der Waals surface area contributed by atoms with Crippen LogP contribution in [0, 0.1) is 46.1 Å². The number of anilines is 2. The summed E-state index contributed by atoms with van der Waals surface area (Å²) in [4.78, 5) is 72.8. The van der Waals surface area contributed by atoms with Crippen LogP contribution in [0.15, 0.2) is 78.4 Å². The number of halogens is 1. The average Bonchev–Trinajstić information content (AvgIpc) is 3.86. The van der Waals surface area contributed by atoms with Crippen molar-refractivity contribution in [2.45, 2.75) is 39.5 Å². The van der Waals surface area contributed by atoms with Crippen LogP contribution in [0.4, 0.5) is 17.2 Å². The highest BCUT2D eigenvalue weighted by Crippen LogP contribution is 2.65. The summed E-state index contributed by atoms with van der Waals surface area (Å²) in [6.07, 6.45) is 2.12. The molecule has 9 rings (SSSR count). The van der Waals surface area contributed by atoms with Gasteiger partial charge in [-0.25, -0.2) is 9.80 Å². The summed E-state index contributed by atoms with van der Waals surface area (Å²) >= 11 is 7.85. The van der Waals surface area contributed by atoms with Crippen molar-refractivity contribution in [1.29, 1.82) is 0 Å². The van der Waals surface area contributed by atoms with Gasteiger partial charge in [-0.3, -0.25) is 34.0 Å². The molecule has 6 unspecified atom stereocenters. The molecule has 0 bridgehead atoms. The first-order valence-electron chi connectivity index (χ1n) is 18.6. The summed E-state index contributed by atoms with van der Waals surface area (Å²) in [5.74, 6) is -5.89. The van der Waals surface area contributed by atoms with Crippen molar-refractivity contribution < 1.29 is 33.9 Å². The fourth-order valence-electron chi connectivity index (χ4n) is 9.84. The number of benzene rings is 3. The number of non-ortho nitro benzene ring substituents is 1. The van der Waals surface area contributed by atoms with Gasteiger partial charge in [0.2, 0.25) is 23.6 Å². The van der Waals surface area contributed by atoms with Crippen molar-refractivity contribution in [2.75, 3.05) is 16.4 Å². The van der Waals surface area contributed by atoms with Crippen LogP contribution in [0.5, 0.6) is 11.5 Å². The van der Waals surface area contributed by atoms with Crippen LogP contribution in [0.2, 0.25) is 5.02 Å². The van der Waals surface area contributed by atoms with E-state index in [9.17, 15) is 29.6 Å². The summed E-state index contributed by atoms with van der Waals surface area (Å²) in [5.41, 5.74) is 0.980. The molecule has 3 fully saturated rings. The first kappa shape index (κ1) is 36.8. The smallest absolute Gasteiger partial charge is 0.271 e. The second-order valence-corrected chi connectivity index (χ2v) is 16.8. The Labute approximate surface area is 335 Å². The zero-order valence-electron chi connectivity index (χ0n) is 31.3. The number of imide groups is 2. The summed E-state index contributed by atoms with van der Waals surface area (Å²) in [5, 5.41) is 29.8. The molecule has 4 heterocycles. The first-order valence-corrected chi connectivity index (χ1v) is 19.8. The molecule has 4 amide bonds. The molecule has 6 atom stereocenters. The number of allylic oxidation sites excluding steroid dienone is 2. The van der Waals surface area contributed by atoms with E-state index >= 15 is 4.79 Å². The molecule has 2 aliphatic heterocycles. The number of carbonyl (C=O) groups is 4. The molecule has 2 aliphatic carbocycles. The fraction of sp³-hybridized carbons (Fsp3) is 0.310. The van der Waals surface area contributed by atoms with Gasteiger partial charge in [0.15, 0.2) is 11.5 Å². The molecule has 4 aliphatic rings. The lowest BCUT2D eigenvalue weighted by atomic mass is 9.51. The van der Waals surface area contributed by atoms with Crippen LogP contribution in [-0.4, -0.2) is 50.0 Å². The molecular weight excluding hydrogens is 770 g/mol. The number of hydrogen-bond donors (Lipinski definition) is 1. The number of carbonyl (C=O) groups excluding carboxylic acids is 4. The molecule has 0 spiro atoms. The lowest BCUT2D eigenvalue weighted by molar-refractivity contribution is -0.384. The van der Waals surface area contributed by atoms with Gasteiger partial charge in [-0.05, 0) is 80.8 Å². The van der Waals surface area contributed by atoms with E-state index in [2.05, 4.69) is 0 Å². The maximum atomic E-state index is 15.2. The minimum Gasteiger partial charge on any atom is -0.504 e. The van der Waals surface area contributed by atoms with Gasteiger partial charge < -0.3 is 9.84 Å². The molecule has 3 aromatic carbocycles. The van der Waals surface area contributed by atoms with Crippen LogP contribution in [0.25, 0.3) is 20.7 Å². The van der Waals surface area contributed by atoms with Crippen LogP contribution in [0.3, 0.4) is 0 Å². The molecular formula is C42H36ClN5O8S. The van der Waals surface area contributed by atoms with Gasteiger partial charge in [0.25, 0.3) is 5.69 Å². The summed E-state index contributed by atoms with van der Waals surface area (Å²) in [7, 11) is 1.68. The monoisotopic (exact) mass is 805 g/mol. The maximum Gasteiger partial charge on any atom is 0.271 e. The largest absolute Gasteiger partial charge is 0.504 e. The van der Waals surface area contributed by atoms with E-state index in [1.165, 1.54) is 45.2 Å². The first-order chi connectivity index (χ1) is 27.3. The molecule has 2 saturated heterocycles. The summed E-state index contributed by atoms with van der Waals surface area (Å²) in [6.45, 7) is 5.77. The molecule has 2 aromatic heterocycles. The molecule has 5 aromatic rings. The van der Waals surface area contributed by atoms with Crippen molar-refractivity contribution in [1.82, 2.24) is 9.78 Å². The summed E-state index contributed by atoms with van der Waals surface area (Å²) in [6, 6.07) is 17.9. The summed E-state index contributed by atoms with van der Waals surface area (Å²) < 4.78 is 8.30. The van der Waals surface area contributed by atoms with Crippen LogP contribution < -0.4 is 14.5 Å². The second kappa shape index (κ2) is 13.1. The number of ether oxygens (including phenoxy) is 1. The molecule has 15 heteroatoms. The number of phenolic OH excluding ortho intramolecular Hbond substituents is 1. The number of amides is 4. The number of hydrogen-bond acceptors (Lipinski definition) is 10. The fourth-order valence-corrected chi connectivity index (χ4v) is 11.2. The zero-order valence-corrected chi connectivity index (χ0v) is 32.8. The van der Waals surface area contributed by atoms with Crippen molar-refractivity contribution in [3.63, 3.8) is 0 Å². The maximum absolute atomic E-state index is 15.2. The molecule has 1 saturated carbocycles. The topological polar surface area (TPSA) is 165 Å². The molecule has 57 heavy (non-hydrogen) atoms. The SMILES string of the molecule is CCOc1cccc(C2C3=CCC4C(=O)N(c5cccc([N+](=O)[O-])c5)C(=O)C4C3CC3C(=O)N(c4cc(-c5sc6ccc(Cl)cc6c5C)nn4C)C(=O)C32C)c1O. The number of phenols is 1. The number of nitrogens with zero attached hydrogens (tertiary/aromatic N) is 5. The number of para-hydroxylation sites is 1. The van der Waals surface area contributed by atoms with Gasteiger partial charge in [0.1, 0.15) is 11.5 Å². The third kappa shape index (κ3) is 5.22. The Bertz CT molecular complexity index is 2650. The van der Waals surface area contributed by atoms with Crippen molar-refractivity contribution in [3.05, 3.63) is 105 Å². The van der Waals surface area contributed by atoms with E-state index in [0.29, 0.717) is 21.9 Å². The number of aromatic hydroxyl groups is 1. The Morgan fingerprint density at radius 3 is 2.54 bits per heavy atom. The van der Waals surface area contributed by atoms with Gasteiger partial charge in [0, 0.05) is 46.5 Å². The van der Waals surface area contributed by atoms with Gasteiger partial charge in [-0.1, -0.05) is 41.4 Å². The van der Waals surface area contributed by atoms with Gasteiger partial charge >= 0.3 is 0 Å². The highest BCUT2D eigenvalue weighted by molar-refractivity contribution is 7.22. The zero-order chi connectivity index (χ0) is 40.2. The number of aryl methyl sites for hydroxylation is 2. The molecule has 1 N–H and O–H groups in total. The highest BCUT2D eigenvalue weighted by atomic mass is 35.5. The number of nitro groups is 1. The second-order valence-electron chi connectivity index (χ2n) is 15.3. The van der Waals surface area contributed by atoms with Crippen molar-refractivity contribution >= 4 is 73.8 Å². The lowest BCUT2D eigenvalue weighted by Gasteiger charge is -2.49. The van der Waals surface area contributed by atoms with E-state index in [1.54, 1.807) is 45.2 Å². The highest BCUT2D eigenvalue weighted by Gasteiger charge is 2.68. The number of thiophene rings is 1. The van der Waals surface area contributed by atoms with Crippen LogP contribution >= 0.6 is 22.9 Å². The molecule has 290 valence electrons. The van der Waals surface area contributed by atoms with E-state index in [0.717, 1.165) is 25.4 Å². The van der Waals surface area contributed by atoms with E-state index in [4.69, 9.17) is 21.4 Å². The Morgan fingerprint density at radius 1 is 1.02 bits per heavy atom. The Balaban J connectivity index is 1.16. The lowest BCUT2D eigenvalue weighted by Crippen LogP contribution is -2.49. The Kier molecular flexibility index (Phi) is 8.45. The van der Waals surface area contributed by atoms with E-state index in [1.807, 2.05) is 31.2 Å². The number of nitro benzene ring substituents is 1. The van der Waals surface area contributed by atoms with Crippen LogP contribution in [-0.2, 0) is 26.2 Å². The third-order valence-electron chi connectivity index (χ3n) is 12.4. The third-order valence-corrected chi connectivity index (χ3v) is 14.0. The van der Waals surface area contributed by atoms with Gasteiger partial charge in [0.05, 0.1) is 45.3 Å². The van der Waals surface area contributed by atoms with Gasteiger partial charge in [-0.15, -0.1) is 11.3 Å². The van der Waals surface area contributed by atoms with E-state index < -0.39 is 63.6 Å². The minimum absolute atomic E-state index is 0.0790. The Hall–Kier alpha value is -5.86. The molecule has 13 nitrogen and oxygen atoms in total. The number of aromatic nitrogens is 2. The Morgan fingerprint density at radius 2 is 1.79 bits per heavy atom. The predicted octanol–water partition coefficient (Wildman–Crippen LogP) is 7.71.